The quantitative estimate of drug-likeness (QED) is 0.446. The van der Waals surface area contributed by atoms with Crippen molar-refractivity contribution in [3.05, 3.63) is 60.0 Å². The molecule has 0 saturated carbocycles. The summed E-state index contributed by atoms with van der Waals surface area (Å²) in [7, 11) is 0. The molecule has 3 aromatic rings. The SMILES string of the molecule is CCCCOc1ccc(NC(=O)N2CCC[C@H](Cc3nc(-c4ccccc4C)no3)C2)cc1. The largest absolute Gasteiger partial charge is 0.494 e. The number of piperidine rings is 1. The maximum Gasteiger partial charge on any atom is 0.321 e. The minimum atomic E-state index is -0.0783. The van der Waals surface area contributed by atoms with E-state index in [-0.39, 0.29) is 6.03 Å². The number of urea groups is 1. The third-order valence-electron chi connectivity index (χ3n) is 6.00. The molecule has 33 heavy (non-hydrogen) atoms. The zero-order valence-corrected chi connectivity index (χ0v) is 19.4. The lowest BCUT2D eigenvalue weighted by Gasteiger charge is -2.32. The number of anilines is 1. The minimum absolute atomic E-state index is 0.0783. The summed E-state index contributed by atoms with van der Waals surface area (Å²) in [5.41, 5.74) is 2.87. The fraction of sp³-hybridized carbons (Fsp3) is 0.423. The lowest BCUT2D eigenvalue weighted by Crippen LogP contribution is -2.42. The Balaban J connectivity index is 1.30. The van der Waals surface area contributed by atoms with Gasteiger partial charge in [0.05, 0.1) is 6.61 Å². The van der Waals surface area contributed by atoms with Crippen molar-refractivity contribution in [2.75, 3.05) is 25.0 Å². The van der Waals surface area contributed by atoms with Crippen LogP contribution in [0.25, 0.3) is 11.4 Å². The molecule has 2 aromatic carbocycles. The van der Waals surface area contributed by atoms with E-state index >= 15 is 0 Å². The molecule has 0 radical (unpaired) electrons. The number of likely N-dealkylation sites (tertiary alicyclic amines) is 1. The van der Waals surface area contributed by atoms with Gasteiger partial charge >= 0.3 is 6.03 Å². The van der Waals surface area contributed by atoms with Gasteiger partial charge in [0.1, 0.15) is 5.75 Å². The highest BCUT2D eigenvalue weighted by Gasteiger charge is 2.26. The van der Waals surface area contributed by atoms with Crippen LogP contribution in [0.5, 0.6) is 5.75 Å². The molecular formula is C26H32N4O3. The Morgan fingerprint density at radius 3 is 2.82 bits per heavy atom. The highest BCUT2D eigenvalue weighted by molar-refractivity contribution is 5.89. The molecule has 0 spiro atoms. The zero-order chi connectivity index (χ0) is 23.0. The maximum absolute atomic E-state index is 12.8. The van der Waals surface area contributed by atoms with Gasteiger partial charge in [0.15, 0.2) is 0 Å². The van der Waals surface area contributed by atoms with E-state index in [2.05, 4.69) is 22.4 Å². The van der Waals surface area contributed by atoms with Gasteiger partial charge in [0, 0.05) is 30.8 Å². The molecular weight excluding hydrogens is 416 g/mol. The van der Waals surface area contributed by atoms with Gasteiger partial charge in [0.2, 0.25) is 11.7 Å². The van der Waals surface area contributed by atoms with Crippen molar-refractivity contribution in [2.24, 2.45) is 5.92 Å². The third kappa shape index (κ3) is 6.12. The fourth-order valence-corrected chi connectivity index (χ4v) is 4.11. The topological polar surface area (TPSA) is 80.5 Å². The number of benzene rings is 2. The molecule has 2 amide bonds. The second-order valence-electron chi connectivity index (χ2n) is 8.64. The van der Waals surface area contributed by atoms with E-state index in [4.69, 9.17) is 9.26 Å². The van der Waals surface area contributed by atoms with E-state index in [1.165, 1.54) is 0 Å². The Kier molecular flexibility index (Phi) is 7.60. The molecule has 4 rings (SSSR count). The van der Waals surface area contributed by atoms with Gasteiger partial charge in [-0.05, 0) is 61.9 Å². The first-order chi connectivity index (χ1) is 16.1. The van der Waals surface area contributed by atoms with Crippen LogP contribution < -0.4 is 10.1 Å². The van der Waals surface area contributed by atoms with Crippen LogP contribution in [-0.4, -0.2) is 40.8 Å². The summed E-state index contributed by atoms with van der Waals surface area (Å²) in [6, 6.07) is 15.5. The van der Waals surface area contributed by atoms with Gasteiger partial charge in [-0.15, -0.1) is 0 Å². The van der Waals surface area contributed by atoms with E-state index in [0.29, 0.717) is 37.2 Å². The number of aryl methyl sites for hydroxylation is 1. The number of rotatable bonds is 8. The van der Waals surface area contributed by atoms with Crippen LogP contribution in [0.3, 0.4) is 0 Å². The van der Waals surface area contributed by atoms with E-state index in [9.17, 15) is 4.79 Å². The molecule has 0 unspecified atom stereocenters. The number of amides is 2. The zero-order valence-electron chi connectivity index (χ0n) is 19.4. The first-order valence-corrected chi connectivity index (χ1v) is 11.8. The second-order valence-corrected chi connectivity index (χ2v) is 8.64. The predicted octanol–water partition coefficient (Wildman–Crippen LogP) is 5.71. The Morgan fingerprint density at radius 2 is 2.03 bits per heavy atom. The highest BCUT2D eigenvalue weighted by atomic mass is 16.5. The average molecular weight is 449 g/mol. The van der Waals surface area contributed by atoms with Crippen LogP contribution in [-0.2, 0) is 6.42 Å². The number of ether oxygens (including phenoxy) is 1. The Morgan fingerprint density at radius 1 is 1.21 bits per heavy atom. The van der Waals surface area contributed by atoms with Crippen LogP contribution in [0.1, 0.15) is 44.1 Å². The number of aromatic nitrogens is 2. The summed E-state index contributed by atoms with van der Waals surface area (Å²) in [6.07, 6.45) is 4.81. The Hall–Kier alpha value is -3.35. The van der Waals surface area contributed by atoms with Crippen LogP contribution in [0.4, 0.5) is 10.5 Å². The third-order valence-corrected chi connectivity index (χ3v) is 6.00. The molecule has 174 valence electrons. The lowest BCUT2D eigenvalue weighted by molar-refractivity contribution is 0.173. The molecule has 1 fully saturated rings. The molecule has 1 atom stereocenters. The molecule has 1 aliphatic rings. The van der Waals surface area contributed by atoms with E-state index in [1.807, 2.05) is 60.4 Å². The van der Waals surface area contributed by atoms with Crippen molar-refractivity contribution >= 4 is 11.7 Å². The smallest absolute Gasteiger partial charge is 0.321 e. The molecule has 7 nitrogen and oxygen atoms in total. The lowest BCUT2D eigenvalue weighted by atomic mass is 9.95. The van der Waals surface area contributed by atoms with E-state index in [0.717, 1.165) is 54.8 Å². The molecule has 0 aliphatic carbocycles. The first kappa shape index (κ1) is 22.8. The second kappa shape index (κ2) is 11.0. The fourth-order valence-electron chi connectivity index (χ4n) is 4.11. The van der Waals surface area contributed by atoms with Crippen LogP contribution >= 0.6 is 0 Å². The number of nitrogens with one attached hydrogen (secondary N) is 1. The Bertz CT molecular complexity index is 1050. The summed E-state index contributed by atoms with van der Waals surface area (Å²) in [5.74, 6) is 2.36. The summed E-state index contributed by atoms with van der Waals surface area (Å²) < 4.78 is 11.2. The van der Waals surface area contributed by atoms with Crippen LogP contribution in [0, 0.1) is 12.8 Å². The number of carbonyl (C=O) groups excluding carboxylic acids is 1. The van der Waals surface area contributed by atoms with Gasteiger partial charge < -0.3 is 19.5 Å². The number of carbonyl (C=O) groups is 1. The van der Waals surface area contributed by atoms with Crippen molar-refractivity contribution in [1.29, 1.82) is 0 Å². The van der Waals surface area contributed by atoms with Crippen LogP contribution in [0.2, 0.25) is 0 Å². The van der Waals surface area contributed by atoms with Crippen molar-refractivity contribution in [3.8, 4) is 17.1 Å². The monoisotopic (exact) mass is 448 g/mol. The summed E-state index contributed by atoms with van der Waals surface area (Å²) in [4.78, 5) is 19.3. The number of hydrogen-bond donors (Lipinski definition) is 1. The maximum atomic E-state index is 12.8. The number of nitrogens with zero attached hydrogens (tertiary/aromatic N) is 3. The van der Waals surface area contributed by atoms with Crippen molar-refractivity contribution in [3.63, 3.8) is 0 Å². The highest BCUT2D eigenvalue weighted by Crippen LogP contribution is 2.24. The first-order valence-electron chi connectivity index (χ1n) is 11.8. The van der Waals surface area contributed by atoms with Crippen molar-refractivity contribution in [2.45, 2.75) is 46.0 Å². The van der Waals surface area contributed by atoms with E-state index < -0.39 is 0 Å². The average Bonchev–Trinajstić information content (AvgIpc) is 3.29. The standard InChI is InChI=1S/C26H32N4O3/c1-3-4-16-32-22-13-11-21(12-14-22)27-26(31)30-15-7-9-20(18-30)17-24-28-25(29-33-24)23-10-6-5-8-19(23)2/h5-6,8,10-14,20H,3-4,7,9,15-18H2,1-2H3,(H,27,31)/t20-/m1/s1. The number of hydrogen-bond acceptors (Lipinski definition) is 5. The summed E-state index contributed by atoms with van der Waals surface area (Å²) in [6.45, 7) is 6.31. The van der Waals surface area contributed by atoms with Gasteiger partial charge in [-0.2, -0.15) is 4.98 Å². The molecule has 1 N–H and O–H groups in total. The van der Waals surface area contributed by atoms with E-state index in [1.54, 1.807) is 0 Å². The Labute approximate surface area is 195 Å². The molecule has 1 aromatic heterocycles. The minimum Gasteiger partial charge on any atom is -0.494 e. The summed E-state index contributed by atoms with van der Waals surface area (Å²) >= 11 is 0. The van der Waals surface area contributed by atoms with Crippen molar-refractivity contribution in [1.82, 2.24) is 15.0 Å². The van der Waals surface area contributed by atoms with Crippen LogP contribution in [0.15, 0.2) is 53.1 Å². The molecule has 0 bridgehead atoms. The van der Waals surface area contributed by atoms with Crippen molar-refractivity contribution < 1.29 is 14.1 Å². The van der Waals surface area contributed by atoms with Gasteiger partial charge in [-0.1, -0.05) is 42.8 Å². The molecule has 7 heteroatoms. The molecule has 1 saturated heterocycles. The molecule has 2 heterocycles. The summed E-state index contributed by atoms with van der Waals surface area (Å²) in [5, 5.41) is 7.17. The predicted molar refractivity (Wildman–Crippen MR) is 128 cm³/mol. The van der Waals surface area contributed by atoms with Gasteiger partial charge in [-0.3, -0.25) is 0 Å². The molecule has 1 aliphatic heterocycles. The normalized spacial score (nSPS) is 15.9. The van der Waals surface area contributed by atoms with Gasteiger partial charge in [0.25, 0.3) is 0 Å². The van der Waals surface area contributed by atoms with Gasteiger partial charge in [-0.25, -0.2) is 4.79 Å². The number of unbranched alkanes of at least 4 members (excludes halogenated alkanes) is 1.